The van der Waals surface area contributed by atoms with Gasteiger partial charge in [-0.1, -0.05) is 18.2 Å². The molecule has 178 valence electrons. The van der Waals surface area contributed by atoms with E-state index in [0.717, 1.165) is 39.2 Å². The zero-order chi connectivity index (χ0) is 24.6. The standard InChI is InChI=1S/C27H27N5O3/c1-18-14-21(7-10-25(18)35-22-8-5-19(2)29-16-22)32-27-23-15-20(6-9-24(23)30-17-31-27)4-3-12-28-26(34)11-13-33/h3-10,14-17,33H,11-13H2,1-2H3,(H,28,34)(H,30,31,32). The summed E-state index contributed by atoms with van der Waals surface area (Å²) in [7, 11) is 0. The fraction of sp³-hybridized carbons (Fsp3) is 0.185. The number of carbonyl (C=O) groups excluding carboxylic acids is 1. The number of aryl methyl sites for hydroxylation is 2. The lowest BCUT2D eigenvalue weighted by molar-refractivity contribution is -0.121. The van der Waals surface area contributed by atoms with Crippen LogP contribution in [0.4, 0.5) is 11.5 Å². The molecule has 0 bridgehead atoms. The second-order valence-electron chi connectivity index (χ2n) is 8.02. The predicted octanol–water partition coefficient (Wildman–Crippen LogP) is 4.69. The Labute approximate surface area is 203 Å². The van der Waals surface area contributed by atoms with Crippen molar-refractivity contribution in [1.82, 2.24) is 20.3 Å². The summed E-state index contributed by atoms with van der Waals surface area (Å²) in [6.07, 6.45) is 7.13. The maximum Gasteiger partial charge on any atom is 0.222 e. The quantitative estimate of drug-likeness (QED) is 0.326. The average molecular weight is 470 g/mol. The number of nitrogens with zero attached hydrogens (tertiary/aromatic N) is 3. The summed E-state index contributed by atoms with van der Waals surface area (Å²) in [5, 5.41) is 15.8. The molecular weight excluding hydrogens is 442 g/mol. The third kappa shape index (κ3) is 6.39. The average Bonchev–Trinajstić information content (AvgIpc) is 2.85. The van der Waals surface area contributed by atoms with E-state index in [1.165, 1.54) is 6.33 Å². The summed E-state index contributed by atoms with van der Waals surface area (Å²) in [4.78, 5) is 24.5. The van der Waals surface area contributed by atoms with Gasteiger partial charge in [-0.25, -0.2) is 9.97 Å². The maximum absolute atomic E-state index is 11.5. The van der Waals surface area contributed by atoms with Crippen LogP contribution in [0.5, 0.6) is 11.5 Å². The lowest BCUT2D eigenvalue weighted by atomic mass is 10.1. The molecule has 0 fully saturated rings. The highest BCUT2D eigenvalue weighted by Crippen LogP contribution is 2.30. The molecule has 4 aromatic rings. The van der Waals surface area contributed by atoms with E-state index in [4.69, 9.17) is 9.84 Å². The fourth-order valence-corrected chi connectivity index (χ4v) is 3.46. The van der Waals surface area contributed by atoms with E-state index in [-0.39, 0.29) is 18.9 Å². The summed E-state index contributed by atoms with van der Waals surface area (Å²) in [6.45, 7) is 4.16. The minimum Gasteiger partial charge on any atom is -0.455 e. The van der Waals surface area contributed by atoms with Crippen molar-refractivity contribution >= 4 is 34.4 Å². The first-order chi connectivity index (χ1) is 17.0. The van der Waals surface area contributed by atoms with Gasteiger partial charge in [0.05, 0.1) is 18.3 Å². The van der Waals surface area contributed by atoms with Crippen LogP contribution < -0.4 is 15.4 Å². The molecule has 2 aromatic carbocycles. The van der Waals surface area contributed by atoms with E-state index in [0.29, 0.717) is 18.1 Å². The molecule has 8 nitrogen and oxygen atoms in total. The molecule has 0 atom stereocenters. The van der Waals surface area contributed by atoms with Crippen molar-refractivity contribution in [2.24, 2.45) is 0 Å². The molecule has 0 aliphatic carbocycles. The fourth-order valence-electron chi connectivity index (χ4n) is 3.46. The van der Waals surface area contributed by atoms with Crippen molar-refractivity contribution < 1.29 is 14.6 Å². The van der Waals surface area contributed by atoms with Crippen molar-refractivity contribution in [1.29, 1.82) is 0 Å². The molecule has 0 saturated heterocycles. The summed E-state index contributed by atoms with van der Waals surface area (Å²) < 4.78 is 5.97. The van der Waals surface area contributed by atoms with Gasteiger partial charge in [0.1, 0.15) is 23.6 Å². The third-order valence-electron chi connectivity index (χ3n) is 5.28. The topological polar surface area (TPSA) is 109 Å². The molecule has 0 aliphatic rings. The number of anilines is 2. The number of aliphatic hydroxyl groups is 1. The van der Waals surface area contributed by atoms with Gasteiger partial charge in [0.2, 0.25) is 5.91 Å². The molecule has 0 aliphatic heterocycles. The summed E-state index contributed by atoms with van der Waals surface area (Å²) in [6, 6.07) is 15.6. The molecule has 0 unspecified atom stereocenters. The first-order valence-corrected chi connectivity index (χ1v) is 11.3. The highest BCUT2D eigenvalue weighted by molar-refractivity contribution is 5.92. The van der Waals surface area contributed by atoms with Gasteiger partial charge in [-0.15, -0.1) is 0 Å². The Bertz CT molecular complexity index is 1350. The van der Waals surface area contributed by atoms with Gasteiger partial charge in [-0.05, 0) is 67.4 Å². The minimum atomic E-state index is -0.183. The number of fused-ring (bicyclic) bond motifs is 1. The molecule has 35 heavy (non-hydrogen) atoms. The highest BCUT2D eigenvalue weighted by Gasteiger charge is 2.08. The summed E-state index contributed by atoms with van der Waals surface area (Å²) >= 11 is 0. The minimum absolute atomic E-state index is 0.103. The van der Waals surface area contributed by atoms with Gasteiger partial charge in [0.15, 0.2) is 0 Å². The number of ether oxygens (including phenoxy) is 1. The molecule has 2 heterocycles. The van der Waals surface area contributed by atoms with Crippen molar-refractivity contribution in [3.63, 3.8) is 0 Å². The first-order valence-electron chi connectivity index (χ1n) is 11.3. The molecule has 0 radical (unpaired) electrons. The van der Waals surface area contributed by atoms with Crippen LogP contribution in [0.25, 0.3) is 17.0 Å². The molecule has 3 N–H and O–H groups in total. The Hall–Kier alpha value is -4.30. The summed E-state index contributed by atoms with van der Waals surface area (Å²) in [5.41, 5.74) is 4.57. The van der Waals surface area contributed by atoms with Crippen LogP contribution in [-0.2, 0) is 4.79 Å². The van der Waals surface area contributed by atoms with Gasteiger partial charge in [0.25, 0.3) is 0 Å². The zero-order valence-electron chi connectivity index (χ0n) is 19.7. The van der Waals surface area contributed by atoms with Crippen LogP contribution in [0, 0.1) is 13.8 Å². The van der Waals surface area contributed by atoms with Crippen LogP contribution in [0.1, 0.15) is 23.2 Å². The van der Waals surface area contributed by atoms with Crippen molar-refractivity contribution in [3.05, 3.63) is 84.0 Å². The number of aromatic nitrogens is 3. The Morgan fingerprint density at radius 1 is 1.06 bits per heavy atom. The largest absolute Gasteiger partial charge is 0.455 e. The number of benzene rings is 2. The molecule has 2 aromatic heterocycles. The molecular formula is C27H27N5O3. The zero-order valence-corrected chi connectivity index (χ0v) is 19.7. The molecule has 8 heteroatoms. The van der Waals surface area contributed by atoms with E-state index in [1.807, 2.05) is 74.5 Å². The van der Waals surface area contributed by atoms with E-state index < -0.39 is 0 Å². The Balaban J connectivity index is 1.49. The van der Waals surface area contributed by atoms with Crippen LogP contribution in [0.15, 0.2) is 67.1 Å². The van der Waals surface area contributed by atoms with E-state index in [1.54, 1.807) is 6.20 Å². The number of amides is 1. The Kier molecular flexibility index (Phi) is 7.64. The summed E-state index contributed by atoms with van der Waals surface area (Å²) in [5.74, 6) is 1.96. The second-order valence-corrected chi connectivity index (χ2v) is 8.02. The van der Waals surface area contributed by atoms with E-state index >= 15 is 0 Å². The van der Waals surface area contributed by atoms with E-state index in [2.05, 4.69) is 25.6 Å². The van der Waals surface area contributed by atoms with Gasteiger partial charge in [-0.2, -0.15) is 0 Å². The normalized spacial score (nSPS) is 11.1. The Morgan fingerprint density at radius 3 is 2.71 bits per heavy atom. The Morgan fingerprint density at radius 2 is 1.94 bits per heavy atom. The van der Waals surface area contributed by atoms with Crippen LogP contribution in [0.3, 0.4) is 0 Å². The predicted molar refractivity (Wildman–Crippen MR) is 137 cm³/mol. The van der Waals surface area contributed by atoms with Crippen LogP contribution in [-0.4, -0.2) is 39.1 Å². The number of carbonyl (C=O) groups is 1. The second kappa shape index (κ2) is 11.2. The van der Waals surface area contributed by atoms with Gasteiger partial charge in [-0.3, -0.25) is 9.78 Å². The number of hydrogen-bond donors (Lipinski definition) is 3. The lowest BCUT2D eigenvalue weighted by Crippen LogP contribution is -2.23. The SMILES string of the molecule is Cc1ccc(Oc2ccc(Nc3ncnc4ccc(C=CCNC(=O)CCO)cc34)cc2C)cn1. The van der Waals surface area contributed by atoms with Crippen LogP contribution in [0.2, 0.25) is 0 Å². The van der Waals surface area contributed by atoms with Gasteiger partial charge < -0.3 is 20.5 Å². The van der Waals surface area contributed by atoms with Crippen LogP contribution >= 0.6 is 0 Å². The third-order valence-corrected chi connectivity index (χ3v) is 5.28. The van der Waals surface area contributed by atoms with Crippen molar-refractivity contribution in [2.75, 3.05) is 18.5 Å². The number of rotatable bonds is 9. The smallest absolute Gasteiger partial charge is 0.222 e. The number of pyridine rings is 1. The monoisotopic (exact) mass is 469 g/mol. The molecule has 0 spiro atoms. The number of hydrogen-bond acceptors (Lipinski definition) is 7. The number of aliphatic hydroxyl groups excluding tert-OH is 1. The molecule has 0 saturated carbocycles. The lowest BCUT2D eigenvalue weighted by Gasteiger charge is -2.12. The number of nitrogens with one attached hydrogen (secondary N) is 2. The highest BCUT2D eigenvalue weighted by atomic mass is 16.5. The van der Waals surface area contributed by atoms with Crippen molar-refractivity contribution in [2.45, 2.75) is 20.3 Å². The maximum atomic E-state index is 11.5. The van der Waals surface area contributed by atoms with Crippen molar-refractivity contribution in [3.8, 4) is 11.5 Å². The van der Waals surface area contributed by atoms with E-state index in [9.17, 15) is 4.79 Å². The van der Waals surface area contributed by atoms with Gasteiger partial charge in [0, 0.05) is 29.7 Å². The molecule has 4 rings (SSSR count). The first kappa shape index (κ1) is 23.8. The van der Waals surface area contributed by atoms with Gasteiger partial charge >= 0.3 is 0 Å². The molecule has 1 amide bonds.